The van der Waals surface area contributed by atoms with Gasteiger partial charge in [-0.3, -0.25) is 9.63 Å². The zero-order chi connectivity index (χ0) is 9.68. The Labute approximate surface area is 78.2 Å². The van der Waals surface area contributed by atoms with Crippen molar-refractivity contribution in [3.8, 4) is 0 Å². The molecule has 76 valence electrons. The standard InChI is InChI=1S/C9H17NO3/c1-2-13-10-9(12)7-3-5-8(11)6-4-7/h7-8,11H,2-6H2,1H3,(H,10,12). The van der Waals surface area contributed by atoms with Crippen LogP contribution in [0.2, 0.25) is 0 Å². The van der Waals surface area contributed by atoms with Crippen LogP contribution >= 0.6 is 0 Å². The molecule has 1 saturated carbocycles. The number of nitrogens with one attached hydrogen (secondary N) is 1. The van der Waals surface area contributed by atoms with Crippen molar-refractivity contribution in [3.63, 3.8) is 0 Å². The Hall–Kier alpha value is -0.610. The van der Waals surface area contributed by atoms with Gasteiger partial charge in [0.25, 0.3) is 0 Å². The molecule has 0 bridgehead atoms. The minimum Gasteiger partial charge on any atom is -0.393 e. The van der Waals surface area contributed by atoms with Crippen molar-refractivity contribution in [1.29, 1.82) is 0 Å². The molecule has 0 heterocycles. The highest BCUT2D eigenvalue weighted by Crippen LogP contribution is 2.23. The van der Waals surface area contributed by atoms with E-state index in [-0.39, 0.29) is 17.9 Å². The number of hydroxylamine groups is 1. The Morgan fingerprint density at radius 3 is 2.62 bits per heavy atom. The van der Waals surface area contributed by atoms with E-state index in [4.69, 9.17) is 4.84 Å². The van der Waals surface area contributed by atoms with Gasteiger partial charge >= 0.3 is 0 Å². The van der Waals surface area contributed by atoms with E-state index in [1.165, 1.54) is 0 Å². The van der Waals surface area contributed by atoms with Crippen LogP contribution in [0.25, 0.3) is 0 Å². The molecular weight excluding hydrogens is 170 g/mol. The highest BCUT2D eigenvalue weighted by atomic mass is 16.6. The molecule has 13 heavy (non-hydrogen) atoms. The normalized spacial score (nSPS) is 28.5. The van der Waals surface area contributed by atoms with Crippen molar-refractivity contribution in [1.82, 2.24) is 5.48 Å². The van der Waals surface area contributed by atoms with Gasteiger partial charge in [-0.1, -0.05) is 0 Å². The molecule has 0 aromatic carbocycles. The minimum atomic E-state index is -0.212. The number of amides is 1. The Kier molecular flexibility index (Phi) is 4.18. The van der Waals surface area contributed by atoms with Crippen LogP contribution < -0.4 is 5.48 Å². The third-order valence-corrected chi connectivity index (χ3v) is 2.38. The number of hydrogen-bond acceptors (Lipinski definition) is 3. The number of aliphatic hydroxyl groups is 1. The highest BCUT2D eigenvalue weighted by molar-refractivity contribution is 5.77. The molecule has 0 atom stereocenters. The summed E-state index contributed by atoms with van der Waals surface area (Å²) >= 11 is 0. The van der Waals surface area contributed by atoms with Gasteiger partial charge in [0.15, 0.2) is 0 Å². The lowest BCUT2D eigenvalue weighted by molar-refractivity contribution is -0.139. The molecule has 0 aromatic rings. The van der Waals surface area contributed by atoms with Crippen molar-refractivity contribution in [2.45, 2.75) is 38.7 Å². The van der Waals surface area contributed by atoms with Crippen LogP contribution in [-0.2, 0) is 9.63 Å². The monoisotopic (exact) mass is 187 g/mol. The third-order valence-electron chi connectivity index (χ3n) is 2.38. The zero-order valence-electron chi connectivity index (χ0n) is 7.95. The van der Waals surface area contributed by atoms with Crippen molar-refractivity contribution in [2.75, 3.05) is 6.61 Å². The summed E-state index contributed by atoms with van der Waals surface area (Å²) in [5, 5.41) is 9.22. The smallest absolute Gasteiger partial charge is 0.246 e. The maximum absolute atomic E-state index is 11.3. The fourth-order valence-electron chi connectivity index (χ4n) is 1.56. The van der Waals surface area contributed by atoms with Gasteiger partial charge in [-0.2, -0.15) is 0 Å². The quantitative estimate of drug-likeness (QED) is 0.636. The summed E-state index contributed by atoms with van der Waals surface area (Å²) in [5.74, 6) is -0.0244. The summed E-state index contributed by atoms with van der Waals surface area (Å²) in [5.41, 5.74) is 2.40. The molecule has 0 radical (unpaired) electrons. The first-order valence-corrected chi connectivity index (χ1v) is 4.83. The summed E-state index contributed by atoms with van der Waals surface area (Å²) < 4.78 is 0. The fourth-order valence-corrected chi connectivity index (χ4v) is 1.56. The van der Waals surface area contributed by atoms with Crippen molar-refractivity contribution in [2.24, 2.45) is 5.92 Å². The van der Waals surface area contributed by atoms with Crippen LogP contribution in [0.3, 0.4) is 0 Å². The molecule has 4 heteroatoms. The van der Waals surface area contributed by atoms with Crippen LogP contribution in [0.4, 0.5) is 0 Å². The summed E-state index contributed by atoms with van der Waals surface area (Å²) in [7, 11) is 0. The van der Waals surface area contributed by atoms with E-state index in [0.717, 1.165) is 25.7 Å². The lowest BCUT2D eigenvalue weighted by Gasteiger charge is -2.23. The summed E-state index contributed by atoms with van der Waals surface area (Å²) in [4.78, 5) is 16.2. The lowest BCUT2D eigenvalue weighted by Crippen LogP contribution is -2.34. The van der Waals surface area contributed by atoms with Crippen LogP contribution in [0.1, 0.15) is 32.6 Å². The van der Waals surface area contributed by atoms with Gasteiger partial charge in [0, 0.05) is 5.92 Å². The summed E-state index contributed by atoms with van der Waals surface area (Å²) in [6, 6.07) is 0. The van der Waals surface area contributed by atoms with Crippen LogP contribution in [0.5, 0.6) is 0 Å². The molecule has 1 aliphatic rings. The molecule has 1 fully saturated rings. The average molecular weight is 187 g/mol. The molecule has 0 aliphatic heterocycles. The maximum Gasteiger partial charge on any atom is 0.246 e. The van der Waals surface area contributed by atoms with Gasteiger partial charge in [0.05, 0.1) is 12.7 Å². The topological polar surface area (TPSA) is 58.6 Å². The van der Waals surface area contributed by atoms with E-state index in [1.807, 2.05) is 6.92 Å². The van der Waals surface area contributed by atoms with Crippen LogP contribution in [-0.4, -0.2) is 23.7 Å². The first kappa shape index (κ1) is 10.5. The minimum absolute atomic E-state index is 0.0231. The molecule has 2 N–H and O–H groups in total. The van der Waals surface area contributed by atoms with Gasteiger partial charge in [-0.05, 0) is 32.6 Å². The molecule has 1 amide bonds. The number of aliphatic hydroxyl groups excluding tert-OH is 1. The fraction of sp³-hybridized carbons (Fsp3) is 0.889. The van der Waals surface area contributed by atoms with E-state index < -0.39 is 0 Å². The van der Waals surface area contributed by atoms with E-state index in [0.29, 0.717) is 6.61 Å². The molecule has 0 saturated heterocycles. The van der Waals surface area contributed by atoms with Gasteiger partial charge in [0.2, 0.25) is 5.91 Å². The molecule has 0 spiro atoms. The third kappa shape index (κ3) is 3.32. The van der Waals surface area contributed by atoms with Crippen molar-refractivity contribution in [3.05, 3.63) is 0 Å². The Bertz CT molecular complexity index is 164. The van der Waals surface area contributed by atoms with E-state index in [9.17, 15) is 9.90 Å². The Morgan fingerprint density at radius 1 is 1.46 bits per heavy atom. The SMILES string of the molecule is CCONC(=O)C1CCC(O)CC1. The number of carbonyl (C=O) groups excluding carboxylic acids is 1. The second kappa shape index (κ2) is 5.19. The Morgan fingerprint density at radius 2 is 2.08 bits per heavy atom. The average Bonchev–Trinajstić information content (AvgIpc) is 2.15. The van der Waals surface area contributed by atoms with E-state index >= 15 is 0 Å². The lowest BCUT2D eigenvalue weighted by atomic mass is 9.87. The first-order chi connectivity index (χ1) is 6.24. The van der Waals surface area contributed by atoms with E-state index in [2.05, 4.69) is 5.48 Å². The molecule has 4 nitrogen and oxygen atoms in total. The van der Waals surface area contributed by atoms with Crippen LogP contribution in [0, 0.1) is 5.92 Å². The number of carbonyl (C=O) groups is 1. The number of rotatable bonds is 3. The largest absolute Gasteiger partial charge is 0.393 e. The molecule has 1 aliphatic carbocycles. The Balaban J connectivity index is 2.23. The zero-order valence-corrected chi connectivity index (χ0v) is 7.95. The van der Waals surface area contributed by atoms with Crippen molar-refractivity contribution < 1.29 is 14.7 Å². The predicted octanol–water partition coefficient (Wildman–Crippen LogP) is 0.605. The van der Waals surface area contributed by atoms with Crippen LogP contribution in [0.15, 0.2) is 0 Å². The molecule has 0 aromatic heterocycles. The molecule has 0 unspecified atom stereocenters. The van der Waals surface area contributed by atoms with Gasteiger partial charge in [0.1, 0.15) is 0 Å². The van der Waals surface area contributed by atoms with Gasteiger partial charge in [-0.25, -0.2) is 5.48 Å². The molecular formula is C9H17NO3. The summed E-state index contributed by atoms with van der Waals surface area (Å²) in [6.07, 6.45) is 2.77. The second-order valence-corrected chi connectivity index (χ2v) is 3.40. The van der Waals surface area contributed by atoms with Crippen molar-refractivity contribution >= 4 is 5.91 Å². The van der Waals surface area contributed by atoms with E-state index in [1.54, 1.807) is 0 Å². The predicted molar refractivity (Wildman–Crippen MR) is 47.7 cm³/mol. The molecule has 1 rings (SSSR count). The second-order valence-electron chi connectivity index (χ2n) is 3.40. The summed E-state index contributed by atoms with van der Waals surface area (Å²) in [6.45, 7) is 2.31. The highest BCUT2D eigenvalue weighted by Gasteiger charge is 2.24. The van der Waals surface area contributed by atoms with Gasteiger partial charge < -0.3 is 5.11 Å². The maximum atomic E-state index is 11.3. The number of hydrogen-bond donors (Lipinski definition) is 2. The first-order valence-electron chi connectivity index (χ1n) is 4.83. The van der Waals surface area contributed by atoms with Gasteiger partial charge in [-0.15, -0.1) is 0 Å².